The molecule has 44 heavy (non-hydrogen) atoms. The van der Waals surface area contributed by atoms with E-state index in [0.717, 1.165) is 33.9 Å². The van der Waals surface area contributed by atoms with Crippen molar-refractivity contribution < 1.29 is 0 Å². The van der Waals surface area contributed by atoms with E-state index in [9.17, 15) is 0 Å². The van der Waals surface area contributed by atoms with Gasteiger partial charge in [0.1, 0.15) is 0 Å². The number of benzene rings is 6. The first-order valence-electron chi connectivity index (χ1n) is 15.4. The van der Waals surface area contributed by atoms with E-state index in [1.165, 1.54) is 43.8 Å². The maximum atomic E-state index is 5.11. The van der Waals surface area contributed by atoms with Gasteiger partial charge in [0.25, 0.3) is 0 Å². The lowest BCUT2D eigenvalue weighted by Gasteiger charge is -2.48. The first-order chi connectivity index (χ1) is 21.3. The number of fused-ring (bicyclic) bond motifs is 6. The number of aromatic nitrogens is 2. The third kappa shape index (κ3) is 4.02. The molecular formula is C42H34N2. The SMILES string of the molecule is CC1(C)c2ccccc2-c2cc3ccc4ccc(-c5cc(-c6ccccc6)nc(-c6ccccc6)n5)cc4c3cc2C1(C)C. The molecule has 1 aromatic heterocycles. The molecule has 0 radical (unpaired) electrons. The molecule has 0 N–H and O–H groups in total. The third-order valence-corrected chi connectivity index (χ3v) is 10.2. The predicted octanol–water partition coefficient (Wildman–Crippen LogP) is 11.0. The van der Waals surface area contributed by atoms with Crippen molar-refractivity contribution in [2.45, 2.75) is 38.5 Å². The van der Waals surface area contributed by atoms with E-state index < -0.39 is 0 Å². The Morgan fingerprint density at radius 1 is 0.409 bits per heavy atom. The Labute approximate surface area is 259 Å². The summed E-state index contributed by atoms with van der Waals surface area (Å²) in [5.74, 6) is 0.733. The average molecular weight is 567 g/mol. The lowest BCUT2D eigenvalue weighted by atomic mass is 9.55. The van der Waals surface area contributed by atoms with Crippen LogP contribution < -0.4 is 0 Å². The Balaban J connectivity index is 1.36. The van der Waals surface area contributed by atoms with Gasteiger partial charge in [-0.15, -0.1) is 0 Å². The highest BCUT2D eigenvalue weighted by molar-refractivity contribution is 6.10. The zero-order valence-electron chi connectivity index (χ0n) is 25.6. The van der Waals surface area contributed by atoms with Crippen molar-refractivity contribution in [1.82, 2.24) is 9.97 Å². The van der Waals surface area contributed by atoms with Crippen LogP contribution in [0.5, 0.6) is 0 Å². The van der Waals surface area contributed by atoms with E-state index in [-0.39, 0.29) is 10.8 Å². The Kier molecular flexibility index (Phi) is 5.86. The zero-order chi connectivity index (χ0) is 30.1. The fourth-order valence-corrected chi connectivity index (χ4v) is 7.01. The molecule has 2 nitrogen and oxygen atoms in total. The van der Waals surface area contributed by atoms with Gasteiger partial charge in [0.15, 0.2) is 5.82 Å². The van der Waals surface area contributed by atoms with Gasteiger partial charge >= 0.3 is 0 Å². The minimum absolute atomic E-state index is 0.0113. The summed E-state index contributed by atoms with van der Waals surface area (Å²) in [7, 11) is 0. The van der Waals surface area contributed by atoms with Gasteiger partial charge in [0.05, 0.1) is 11.4 Å². The lowest BCUT2D eigenvalue weighted by molar-refractivity contribution is 0.299. The molecule has 0 aliphatic heterocycles. The fourth-order valence-electron chi connectivity index (χ4n) is 7.01. The van der Waals surface area contributed by atoms with Crippen molar-refractivity contribution in [3.05, 3.63) is 145 Å². The van der Waals surface area contributed by atoms with Crippen LogP contribution in [0.15, 0.2) is 133 Å². The van der Waals surface area contributed by atoms with E-state index in [4.69, 9.17) is 9.97 Å². The van der Waals surface area contributed by atoms with Crippen LogP contribution in [0.25, 0.3) is 66.6 Å². The van der Waals surface area contributed by atoms with E-state index in [1.54, 1.807) is 0 Å². The minimum atomic E-state index is -0.0491. The van der Waals surface area contributed by atoms with Gasteiger partial charge in [-0.1, -0.05) is 137 Å². The highest BCUT2D eigenvalue weighted by Gasteiger charge is 2.45. The summed E-state index contributed by atoms with van der Waals surface area (Å²) in [5.41, 5.74) is 10.5. The highest BCUT2D eigenvalue weighted by Crippen LogP contribution is 2.54. The second-order valence-corrected chi connectivity index (χ2v) is 13.1. The first-order valence-corrected chi connectivity index (χ1v) is 15.4. The molecule has 2 heteroatoms. The first kappa shape index (κ1) is 26.5. The van der Waals surface area contributed by atoms with Crippen molar-refractivity contribution in [3.8, 4) is 45.0 Å². The number of rotatable bonds is 3. The standard InChI is InChI=1S/C42H34N2/c1-41(2)36-18-12-11-17-32(36)35-23-30-21-19-27-20-22-31(24-33(27)34(30)25-37(35)42(41,3)4)39-26-38(28-13-7-5-8-14-28)43-40(44-39)29-15-9-6-10-16-29/h5-26H,1-4H3. The Morgan fingerprint density at radius 2 is 0.977 bits per heavy atom. The summed E-state index contributed by atoms with van der Waals surface area (Å²) in [5, 5.41) is 5.02. The molecule has 0 amide bonds. The van der Waals surface area contributed by atoms with E-state index in [1.807, 2.05) is 24.3 Å². The molecule has 1 aliphatic carbocycles. The molecule has 0 saturated heterocycles. The van der Waals surface area contributed by atoms with Crippen LogP contribution in [0.2, 0.25) is 0 Å². The topological polar surface area (TPSA) is 25.8 Å². The molecule has 0 bridgehead atoms. The zero-order valence-corrected chi connectivity index (χ0v) is 25.6. The van der Waals surface area contributed by atoms with Gasteiger partial charge < -0.3 is 0 Å². The van der Waals surface area contributed by atoms with Crippen LogP contribution in [0.1, 0.15) is 38.8 Å². The molecule has 0 spiro atoms. The lowest BCUT2D eigenvalue weighted by Crippen LogP contribution is -2.43. The van der Waals surface area contributed by atoms with Gasteiger partial charge in [-0.2, -0.15) is 0 Å². The summed E-state index contributed by atoms with van der Waals surface area (Å²) in [6.45, 7) is 9.59. The molecule has 1 aliphatic rings. The molecular weight excluding hydrogens is 532 g/mol. The molecule has 0 atom stereocenters. The van der Waals surface area contributed by atoms with Crippen LogP contribution in [0.4, 0.5) is 0 Å². The fraction of sp³-hybridized carbons (Fsp3) is 0.143. The Bertz CT molecular complexity index is 2150. The van der Waals surface area contributed by atoms with Gasteiger partial charge in [0, 0.05) is 16.7 Å². The van der Waals surface area contributed by atoms with Gasteiger partial charge in [-0.25, -0.2) is 9.97 Å². The van der Waals surface area contributed by atoms with E-state index in [2.05, 4.69) is 137 Å². The molecule has 8 rings (SSSR count). The summed E-state index contributed by atoms with van der Waals surface area (Å²) in [6.07, 6.45) is 0. The van der Waals surface area contributed by atoms with E-state index >= 15 is 0 Å². The van der Waals surface area contributed by atoms with Crippen molar-refractivity contribution in [2.24, 2.45) is 0 Å². The normalized spacial score (nSPS) is 14.7. The summed E-state index contributed by atoms with van der Waals surface area (Å²) in [6, 6.07) is 47.9. The minimum Gasteiger partial charge on any atom is -0.228 e. The summed E-state index contributed by atoms with van der Waals surface area (Å²) < 4.78 is 0. The van der Waals surface area contributed by atoms with Crippen LogP contribution in [-0.4, -0.2) is 9.97 Å². The van der Waals surface area contributed by atoms with Gasteiger partial charge in [-0.05, 0) is 78.9 Å². The summed E-state index contributed by atoms with van der Waals surface area (Å²) >= 11 is 0. The van der Waals surface area contributed by atoms with Gasteiger partial charge in [-0.3, -0.25) is 0 Å². The second kappa shape index (κ2) is 9.72. The molecule has 7 aromatic rings. The van der Waals surface area contributed by atoms with E-state index in [0.29, 0.717) is 0 Å². The molecule has 1 heterocycles. The number of hydrogen-bond acceptors (Lipinski definition) is 2. The maximum Gasteiger partial charge on any atom is 0.160 e. The summed E-state index contributed by atoms with van der Waals surface area (Å²) in [4.78, 5) is 10.1. The van der Waals surface area contributed by atoms with Crippen molar-refractivity contribution in [3.63, 3.8) is 0 Å². The maximum absolute atomic E-state index is 5.11. The van der Waals surface area contributed by atoms with Crippen molar-refractivity contribution in [1.29, 1.82) is 0 Å². The predicted molar refractivity (Wildman–Crippen MR) is 185 cm³/mol. The third-order valence-electron chi connectivity index (χ3n) is 10.2. The van der Waals surface area contributed by atoms with Crippen LogP contribution >= 0.6 is 0 Å². The highest BCUT2D eigenvalue weighted by atomic mass is 14.9. The molecule has 0 saturated carbocycles. The quantitative estimate of drug-likeness (QED) is 0.199. The Hall–Kier alpha value is -5.08. The van der Waals surface area contributed by atoms with Crippen LogP contribution in [-0.2, 0) is 10.8 Å². The van der Waals surface area contributed by atoms with Crippen molar-refractivity contribution >= 4 is 21.5 Å². The average Bonchev–Trinajstić information content (AvgIpc) is 3.07. The molecule has 6 aromatic carbocycles. The largest absolute Gasteiger partial charge is 0.228 e. The Morgan fingerprint density at radius 3 is 1.73 bits per heavy atom. The molecule has 212 valence electrons. The van der Waals surface area contributed by atoms with Gasteiger partial charge in [0.2, 0.25) is 0 Å². The molecule has 0 unspecified atom stereocenters. The monoisotopic (exact) mass is 566 g/mol. The van der Waals surface area contributed by atoms with Crippen LogP contribution in [0, 0.1) is 0 Å². The van der Waals surface area contributed by atoms with Crippen molar-refractivity contribution in [2.75, 3.05) is 0 Å². The molecule has 0 fully saturated rings. The number of hydrogen-bond donors (Lipinski definition) is 0. The number of nitrogens with zero attached hydrogens (tertiary/aromatic N) is 2. The van der Waals surface area contributed by atoms with Crippen LogP contribution in [0.3, 0.4) is 0 Å². The smallest absolute Gasteiger partial charge is 0.160 e. The second-order valence-electron chi connectivity index (χ2n) is 13.1.